The molecule has 9 nitrogen and oxygen atoms in total. The minimum Gasteiger partial charge on any atom is -0.378 e. The maximum absolute atomic E-state index is 15.5. The molecule has 1 saturated carbocycles. The highest BCUT2D eigenvalue weighted by Gasteiger charge is 2.51. The molecule has 1 aliphatic carbocycles. The van der Waals surface area contributed by atoms with Gasteiger partial charge in [-0.2, -0.15) is 0 Å². The summed E-state index contributed by atoms with van der Waals surface area (Å²) in [5.41, 5.74) is -0.429. The Labute approximate surface area is 214 Å². The van der Waals surface area contributed by atoms with Crippen molar-refractivity contribution in [3.8, 4) is 0 Å². The summed E-state index contributed by atoms with van der Waals surface area (Å²) in [7, 11) is 0. The van der Waals surface area contributed by atoms with Gasteiger partial charge in [-0.1, -0.05) is 12.5 Å². The Balaban J connectivity index is 1.18. The van der Waals surface area contributed by atoms with Crippen molar-refractivity contribution in [3.63, 3.8) is 0 Å². The fraction of sp³-hybridized carbons (Fsp3) is 0.481. The van der Waals surface area contributed by atoms with E-state index in [2.05, 4.69) is 25.5 Å². The van der Waals surface area contributed by atoms with Crippen LogP contribution in [-0.4, -0.2) is 59.2 Å². The lowest BCUT2D eigenvalue weighted by molar-refractivity contribution is -0.140. The first-order valence-electron chi connectivity index (χ1n) is 13.0. The quantitative estimate of drug-likeness (QED) is 0.508. The van der Waals surface area contributed by atoms with E-state index in [9.17, 15) is 9.59 Å². The largest absolute Gasteiger partial charge is 0.378 e. The molecule has 3 aromatic heterocycles. The van der Waals surface area contributed by atoms with E-state index in [1.807, 2.05) is 0 Å². The molecule has 0 unspecified atom stereocenters. The van der Waals surface area contributed by atoms with Crippen molar-refractivity contribution in [1.82, 2.24) is 19.7 Å². The van der Waals surface area contributed by atoms with Gasteiger partial charge in [-0.15, -0.1) is 0 Å². The lowest BCUT2D eigenvalue weighted by atomic mass is 9.80. The van der Waals surface area contributed by atoms with Crippen LogP contribution < -0.4 is 21.1 Å². The van der Waals surface area contributed by atoms with Crippen molar-refractivity contribution in [2.45, 2.75) is 43.6 Å². The highest BCUT2D eigenvalue weighted by molar-refractivity contribution is 5.99. The van der Waals surface area contributed by atoms with Gasteiger partial charge in [-0.25, -0.2) is 9.37 Å². The SMILES string of the molecule is O=C(Nc1cc(=O)n2ccccc2n1)C1(c2ncc(N3CCC[C@@H](NCC4CCC4)C3)cc2F)COC1. The molecule has 3 aliphatic rings. The number of amides is 1. The normalized spacial score (nSPS) is 21.3. The van der Waals surface area contributed by atoms with E-state index in [1.54, 1.807) is 30.6 Å². The van der Waals surface area contributed by atoms with Gasteiger partial charge in [-0.3, -0.25) is 19.0 Å². The summed E-state index contributed by atoms with van der Waals surface area (Å²) in [6.07, 6.45) is 9.37. The molecule has 0 bridgehead atoms. The molecule has 2 aliphatic heterocycles. The summed E-state index contributed by atoms with van der Waals surface area (Å²) >= 11 is 0. The van der Waals surface area contributed by atoms with Crippen LogP contribution in [-0.2, 0) is 14.9 Å². The van der Waals surface area contributed by atoms with Gasteiger partial charge in [0.05, 0.1) is 30.8 Å². The van der Waals surface area contributed by atoms with E-state index < -0.39 is 17.1 Å². The van der Waals surface area contributed by atoms with Crippen LogP contribution in [0.1, 0.15) is 37.8 Å². The highest BCUT2D eigenvalue weighted by atomic mass is 19.1. The molecule has 3 fully saturated rings. The van der Waals surface area contributed by atoms with Gasteiger partial charge < -0.3 is 20.3 Å². The molecule has 2 saturated heterocycles. The van der Waals surface area contributed by atoms with Crippen LogP contribution >= 0.6 is 0 Å². The summed E-state index contributed by atoms with van der Waals surface area (Å²) in [6.45, 7) is 2.72. The molecule has 194 valence electrons. The fourth-order valence-corrected chi connectivity index (χ4v) is 5.40. The van der Waals surface area contributed by atoms with Crippen LogP contribution in [0.5, 0.6) is 0 Å². The number of nitrogens with one attached hydrogen (secondary N) is 2. The molecule has 5 heterocycles. The maximum Gasteiger partial charge on any atom is 0.259 e. The predicted octanol–water partition coefficient (Wildman–Crippen LogP) is 2.49. The topological polar surface area (TPSA) is 101 Å². The smallest absolute Gasteiger partial charge is 0.259 e. The molecule has 1 amide bonds. The molecule has 0 radical (unpaired) electrons. The highest BCUT2D eigenvalue weighted by Crippen LogP contribution is 2.35. The van der Waals surface area contributed by atoms with E-state index in [4.69, 9.17) is 4.74 Å². The molecule has 0 spiro atoms. The number of piperidine rings is 1. The van der Waals surface area contributed by atoms with Crippen LogP contribution in [0.3, 0.4) is 0 Å². The van der Waals surface area contributed by atoms with Crippen molar-refractivity contribution in [3.05, 3.63) is 64.6 Å². The number of aromatic nitrogens is 3. The van der Waals surface area contributed by atoms with Crippen LogP contribution in [0, 0.1) is 11.7 Å². The molecule has 0 aromatic carbocycles. The second kappa shape index (κ2) is 9.83. The molecule has 37 heavy (non-hydrogen) atoms. The zero-order valence-electron chi connectivity index (χ0n) is 20.7. The first-order chi connectivity index (χ1) is 18.0. The van der Waals surface area contributed by atoms with Crippen molar-refractivity contribution in [2.75, 3.05) is 43.1 Å². The average Bonchev–Trinajstić information content (AvgIpc) is 2.83. The Morgan fingerprint density at radius 1 is 1.19 bits per heavy atom. The van der Waals surface area contributed by atoms with E-state index in [-0.39, 0.29) is 30.3 Å². The number of fused-ring (bicyclic) bond motifs is 1. The number of hydrogen-bond donors (Lipinski definition) is 2. The van der Waals surface area contributed by atoms with Crippen molar-refractivity contribution >= 4 is 23.1 Å². The monoisotopic (exact) mass is 506 g/mol. The molecule has 6 rings (SSSR count). The van der Waals surface area contributed by atoms with Crippen molar-refractivity contribution in [1.29, 1.82) is 0 Å². The Bertz CT molecular complexity index is 1370. The number of anilines is 2. The molecule has 3 aromatic rings. The lowest BCUT2D eigenvalue weighted by Crippen LogP contribution is -2.56. The van der Waals surface area contributed by atoms with E-state index in [0.29, 0.717) is 11.7 Å². The number of carbonyl (C=O) groups is 1. The second-order valence-electron chi connectivity index (χ2n) is 10.5. The van der Waals surface area contributed by atoms with Gasteiger partial charge in [0.25, 0.3) is 5.56 Å². The number of nitrogens with zero attached hydrogens (tertiary/aromatic N) is 4. The Hall–Kier alpha value is -3.37. The van der Waals surface area contributed by atoms with Crippen LogP contribution in [0.15, 0.2) is 47.5 Å². The zero-order chi connectivity index (χ0) is 25.4. The van der Waals surface area contributed by atoms with Crippen molar-refractivity contribution in [2.24, 2.45) is 5.92 Å². The van der Waals surface area contributed by atoms with Gasteiger partial charge in [0.1, 0.15) is 22.7 Å². The number of rotatable bonds is 7. The van der Waals surface area contributed by atoms with Crippen LogP contribution in [0.2, 0.25) is 0 Å². The van der Waals surface area contributed by atoms with Gasteiger partial charge in [0, 0.05) is 37.5 Å². The summed E-state index contributed by atoms with van der Waals surface area (Å²) in [4.78, 5) is 36.7. The minimum absolute atomic E-state index is 0.00549. The fourth-order valence-electron chi connectivity index (χ4n) is 5.40. The third-order valence-corrected chi connectivity index (χ3v) is 7.93. The van der Waals surface area contributed by atoms with Crippen LogP contribution in [0.4, 0.5) is 15.9 Å². The number of ether oxygens (including phenoxy) is 1. The molecule has 2 N–H and O–H groups in total. The average molecular weight is 507 g/mol. The predicted molar refractivity (Wildman–Crippen MR) is 137 cm³/mol. The standard InChI is InChI=1S/C27H31FN6O3/c28-21-11-20(33-9-4-7-19(15-33)29-13-18-5-3-6-18)14-30-25(21)27(16-37-17-27)26(36)32-22-12-24(35)34-10-2-1-8-23(34)31-22/h1-2,8,10-12,14,18-19,29H,3-7,9,13,15-17H2,(H,32,36)/t19-/m1/s1. The van der Waals surface area contributed by atoms with E-state index >= 15 is 4.39 Å². The summed E-state index contributed by atoms with van der Waals surface area (Å²) < 4.78 is 22.2. The third-order valence-electron chi connectivity index (χ3n) is 7.93. The summed E-state index contributed by atoms with van der Waals surface area (Å²) in [5.74, 6) is -0.127. The maximum atomic E-state index is 15.5. The summed E-state index contributed by atoms with van der Waals surface area (Å²) in [5, 5.41) is 6.38. The number of halogens is 1. The van der Waals surface area contributed by atoms with Gasteiger partial charge in [0.15, 0.2) is 0 Å². The number of carbonyl (C=O) groups excluding carboxylic acids is 1. The molecular weight excluding hydrogens is 475 g/mol. The zero-order valence-corrected chi connectivity index (χ0v) is 20.7. The van der Waals surface area contributed by atoms with Gasteiger partial charge >= 0.3 is 0 Å². The second-order valence-corrected chi connectivity index (χ2v) is 10.5. The van der Waals surface area contributed by atoms with E-state index in [0.717, 1.165) is 44.1 Å². The Morgan fingerprint density at radius 3 is 2.78 bits per heavy atom. The molecular formula is C27H31FN6O3. The Morgan fingerprint density at radius 2 is 2.05 bits per heavy atom. The van der Waals surface area contributed by atoms with Crippen molar-refractivity contribution < 1.29 is 13.9 Å². The van der Waals surface area contributed by atoms with Gasteiger partial charge in [0.2, 0.25) is 5.91 Å². The number of hydrogen-bond acceptors (Lipinski definition) is 7. The lowest BCUT2D eigenvalue weighted by Gasteiger charge is -2.40. The van der Waals surface area contributed by atoms with Gasteiger partial charge in [-0.05, 0) is 50.3 Å². The minimum atomic E-state index is -1.28. The van der Waals surface area contributed by atoms with Crippen LogP contribution in [0.25, 0.3) is 5.65 Å². The first kappa shape index (κ1) is 24.0. The first-order valence-corrected chi connectivity index (χ1v) is 13.0. The Kier molecular flexibility index (Phi) is 6.37. The summed E-state index contributed by atoms with van der Waals surface area (Å²) in [6, 6.07) is 8.26. The van der Waals surface area contributed by atoms with E-state index in [1.165, 1.54) is 35.8 Å². The number of pyridine rings is 2. The molecule has 10 heteroatoms. The molecule has 1 atom stereocenters. The third kappa shape index (κ3) is 4.59.